The van der Waals surface area contributed by atoms with Crippen LogP contribution in [0.1, 0.15) is 44.2 Å². The van der Waals surface area contributed by atoms with E-state index in [-0.39, 0.29) is 0 Å². The zero-order valence-electron chi connectivity index (χ0n) is 10.9. The van der Waals surface area contributed by atoms with Gasteiger partial charge in [-0.25, -0.2) is 4.98 Å². The number of hydrogen-bond donors (Lipinski definition) is 1. The van der Waals surface area contributed by atoms with Crippen molar-refractivity contribution in [1.29, 1.82) is 0 Å². The molecule has 2 rings (SSSR count). The van der Waals surface area contributed by atoms with Crippen LogP contribution in [-0.2, 0) is 0 Å². The Hall–Kier alpha value is -1.25. The Balaban J connectivity index is 2.11. The van der Waals surface area contributed by atoms with E-state index in [1.165, 1.54) is 38.5 Å². The highest BCUT2D eigenvalue weighted by atomic mass is 15.2. The molecule has 0 amide bonds. The molecule has 1 aromatic rings. The van der Waals surface area contributed by atoms with Gasteiger partial charge < -0.3 is 10.6 Å². The second kappa shape index (κ2) is 5.39. The molecular weight excluding hydrogens is 210 g/mol. The van der Waals surface area contributed by atoms with E-state index in [2.05, 4.69) is 16.9 Å². The Kier molecular flexibility index (Phi) is 3.87. The molecule has 0 spiro atoms. The number of anilines is 2. The van der Waals surface area contributed by atoms with Crippen molar-refractivity contribution in [2.45, 2.75) is 51.5 Å². The van der Waals surface area contributed by atoms with Gasteiger partial charge in [-0.15, -0.1) is 0 Å². The number of aryl methyl sites for hydroxylation is 1. The van der Waals surface area contributed by atoms with Gasteiger partial charge in [-0.05, 0) is 31.9 Å². The van der Waals surface area contributed by atoms with Gasteiger partial charge in [0.2, 0.25) is 0 Å². The van der Waals surface area contributed by atoms with E-state index in [1.807, 2.05) is 19.1 Å². The fraction of sp³-hybridized carbons (Fsp3) is 0.643. The van der Waals surface area contributed by atoms with E-state index >= 15 is 0 Å². The van der Waals surface area contributed by atoms with Crippen molar-refractivity contribution in [3.8, 4) is 0 Å². The number of nitrogens with zero attached hydrogens (tertiary/aromatic N) is 2. The third-order valence-corrected chi connectivity index (χ3v) is 3.85. The summed E-state index contributed by atoms with van der Waals surface area (Å²) >= 11 is 0. The average Bonchev–Trinajstić information content (AvgIpc) is 2.60. The van der Waals surface area contributed by atoms with Crippen molar-refractivity contribution < 1.29 is 0 Å². The zero-order chi connectivity index (χ0) is 12.3. The van der Waals surface area contributed by atoms with E-state index < -0.39 is 0 Å². The number of pyridine rings is 1. The molecule has 0 saturated heterocycles. The molecule has 0 atom stereocenters. The van der Waals surface area contributed by atoms with Crippen molar-refractivity contribution in [3.05, 3.63) is 17.8 Å². The van der Waals surface area contributed by atoms with E-state index in [9.17, 15) is 0 Å². The van der Waals surface area contributed by atoms with Crippen molar-refractivity contribution in [1.82, 2.24) is 4.98 Å². The summed E-state index contributed by atoms with van der Waals surface area (Å²) in [6, 6.07) is 4.64. The average molecular weight is 233 g/mol. The monoisotopic (exact) mass is 233 g/mol. The summed E-state index contributed by atoms with van der Waals surface area (Å²) in [6.07, 6.45) is 8.06. The highest BCUT2D eigenvalue weighted by Gasteiger charge is 2.18. The molecule has 0 aliphatic heterocycles. The summed E-state index contributed by atoms with van der Waals surface area (Å²) in [4.78, 5) is 6.91. The minimum Gasteiger partial charge on any atom is -0.397 e. The SMILES string of the molecule is Cc1nc(N(C)C2CCCCCC2)ccc1N. The molecule has 0 unspecified atom stereocenters. The summed E-state index contributed by atoms with van der Waals surface area (Å²) in [5.74, 6) is 1.06. The molecule has 1 heterocycles. The first-order valence-electron chi connectivity index (χ1n) is 6.64. The molecule has 1 aliphatic carbocycles. The maximum Gasteiger partial charge on any atom is 0.128 e. The minimum atomic E-state index is 0.646. The normalized spacial score (nSPS) is 17.8. The predicted molar refractivity (Wildman–Crippen MR) is 73.3 cm³/mol. The van der Waals surface area contributed by atoms with Gasteiger partial charge in [0.05, 0.1) is 11.4 Å². The highest BCUT2D eigenvalue weighted by Crippen LogP contribution is 2.25. The van der Waals surface area contributed by atoms with Gasteiger partial charge in [0.15, 0.2) is 0 Å². The topological polar surface area (TPSA) is 42.2 Å². The Labute approximate surface area is 104 Å². The maximum atomic E-state index is 5.81. The molecule has 0 bridgehead atoms. The van der Waals surface area contributed by atoms with Gasteiger partial charge in [-0.2, -0.15) is 0 Å². The van der Waals surface area contributed by atoms with Crippen LogP contribution in [-0.4, -0.2) is 18.1 Å². The number of nitrogen functional groups attached to an aromatic ring is 1. The minimum absolute atomic E-state index is 0.646. The van der Waals surface area contributed by atoms with E-state index in [1.54, 1.807) is 0 Å². The van der Waals surface area contributed by atoms with Crippen LogP contribution in [0, 0.1) is 6.92 Å². The van der Waals surface area contributed by atoms with E-state index in [4.69, 9.17) is 5.73 Å². The van der Waals surface area contributed by atoms with Crippen LogP contribution >= 0.6 is 0 Å². The van der Waals surface area contributed by atoms with Crippen LogP contribution in [0.4, 0.5) is 11.5 Å². The van der Waals surface area contributed by atoms with Gasteiger partial charge in [-0.3, -0.25) is 0 Å². The molecular formula is C14H23N3. The number of nitrogens with two attached hydrogens (primary N) is 1. The van der Waals surface area contributed by atoms with Crippen LogP contribution < -0.4 is 10.6 Å². The Morgan fingerprint density at radius 2 is 1.82 bits per heavy atom. The summed E-state index contributed by atoms with van der Waals surface area (Å²) in [7, 11) is 2.16. The molecule has 3 nitrogen and oxygen atoms in total. The highest BCUT2D eigenvalue weighted by molar-refractivity contribution is 5.50. The first-order chi connectivity index (χ1) is 8.18. The van der Waals surface area contributed by atoms with Gasteiger partial charge in [0, 0.05) is 13.1 Å². The molecule has 1 aliphatic rings. The summed E-state index contributed by atoms with van der Waals surface area (Å²) in [5.41, 5.74) is 7.53. The lowest BCUT2D eigenvalue weighted by Crippen LogP contribution is -2.31. The second-order valence-electron chi connectivity index (χ2n) is 5.10. The molecule has 0 aromatic carbocycles. The van der Waals surface area contributed by atoms with E-state index in [0.29, 0.717) is 6.04 Å². The zero-order valence-corrected chi connectivity index (χ0v) is 10.9. The van der Waals surface area contributed by atoms with Crippen LogP contribution in [0.25, 0.3) is 0 Å². The largest absolute Gasteiger partial charge is 0.397 e. The molecule has 1 saturated carbocycles. The van der Waals surface area contributed by atoms with Crippen molar-refractivity contribution in [3.63, 3.8) is 0 Å². The summed E-state index contributed by atoms with van der Waals surface area (Å²) < 4.78 is 0. The van der Waals surface area contributed by atoms with Crippen molar-refractivity contribution in [2.24, 2.45) is 0 Å². The molecule has 3 heteroatoms. The Morgan fingerprint density at radius 1 is 1.18 bits per heavy atom. The van der Waals surface area contributed by atoms with Crippen molar-refractivity contribution in [2.75, 3.05) is 17.7 Å². The third kappa shape index (κ3) is 2.90. The lowest BCUT2D eigenvalue weighted by Gasteiger charge is -2.28. The molecule has 0 radical (unpaired) electrons. The lowest BCUT2D eigenvalue weighted by molar-refractivity contribution is 0.549. The molecule has 1 aromatic heterocycles. The Morgan fingerprint density at radius 3 is 2.41 bits per heavy atom. The quantitative estimate of drug-likeness (QED) is 0.798. The number of rotatable bonds is 2. The van der Waals surface area contributed by atoms with Crippen molar-refractivity contribution >= 4 is 11.5 Å². The summed E-state index contributed by atoms with van der Waals surface area (Å²) in [5, 5.41) is 0. The van der Waals surface area contributed by atoms with Crippen LogP contribution in [0.15, 0.2) is 12.1 Å². The predicted octanol–water partition coefficient (Wildman–Crippen LogP) is 3.13. The first-order valence-corrected chi connectivity index (χ1v) is 6.64. The van der Waals surface area contributed by atoms with Gasteiger partial charge in [-0.1, -0.05) is 25.7 Å². The molecule has 94 valence electrons. The van der Waals surface area contributed by atoms with Gasteiger partial charge >= 0.3 is 0 Å². The summed E-state index contributed by atoms with van der Waals surface area (Å²) in [6.45, 7) is 1.97. The van der Waals surface area contributed by atoms with Crippen LogP contribution in [0.2, 0.25) is 0 Å². The standard InChI is InChI=1S/C14H23N3/c1-11-13(15)9-10-14(16-11)17(2)12-7-5-3-4-6-8-12/h9-10,12H,3-8,15H2,1-2H3. The van der Waals surface area contributed by atoms with Crippen LogP contribution in [0.3, 0.4) is 0 Å². The fourth-order valence-corrected chi connectivity index (χ4v) is 2.59. The maximum absolute atomic E-state index is 5.81. The van der Waals surface area contributed by atoms with Crippen LogP contribution in [0.5, 0.6) is 0 Å². The number of hydrogen-bond acceptors (Lipinski definition) is 3. The molecule has 2 N–H and O–H groups in total. The first kappa shape index (κ1) is 12.2. The molecule has 17 heavy (non-hydrogen) atoms. The second-order valence-corrected chi connectivity index (χ2v) is 5.10. The fourth-order valence-electron chi connectivity index (χ4n) is 2.59. The number of aromatic nitrogens is 1. The Bertz CT molecular complexity index is 368. The lowest BCUT2D eigenvalue weighted by atomic mass is 10.1. The smallest absolute Gasteiger partial charge is 0.128 e. The van der Waals surface area contributed by atoms with E-state index in [0.717, 1.165) is 17.2 Å². The molecule has 1 fully saturated rings. The third-order valence-electron chi connectivity index (χ3n) is 3.85. The van der Waals surface area contributed by atoms with Gasteiger partial charge in [0.1, 0.15) is 5.82 Å². The van der Waals surface area contributed by atoms with Gasteiger partial charge in [0.25, 0.3) is 0 Å².